The SMILES string of the molecule is CCC(C)c1ccc(-c2ccc(CCNC(=O)c3ccccc3)cc2)cc1. The van der Waals surface area contributed by atoms with Gasteiger partial charge in [0.2, 0.25) is 0 Å². The van der Waals surface area contributed by atoms with Crippen LogP contribution in [0.4, 0.5) is 0 Å². The van der Waals surface area contributed by atoms with Crippen LogP contribution in [0.15, 0.2) is 78.9 Å². The topological polar surface area (TPSA) is 29.1 Å². The molecule has 3 rings (SSSR count). The molecule has 27 heavy (non-hydrogen) atoms. The molecule has 0 aromatic heterocycles. The fourth-order valence-electron chi connectivity index (χ4n) is 3.12. The maximum Gasteiger partial charge on any atom is 0.251 e. The van der Waals surface area contributed by atoms with Crippen LogP contribution in [0.25, 0.3) is 11.1 Å². The summed E-state index contributed by atoms with van der Waals surface area (Å²) < 4.78 is 0. The first-order valence-electron chi connectivity index (χ1n) is 9.70. The van der Waals surface area contributed by atoms with Crippen LogP contribution in [-0.4, -0.2) is 12.5 Å². The molecule has 3 aromatic rings. The number of amides is 1. The highest BCUT2D eigenvalue weighted by molar-refractivity contribution is 5.94. The van der Waals surface area contributed by atoms with E-state index in [9.17, 15) is 4.79 Å². The summed E-state index contributed by atoms with van der Waals surface area (Å²) in [6.45, 7) is 5.12. The number of rotatable bonds is 7. The van der Waals surface area contributed by atoms with E-state index in [1.165, 1.54) is 22.3 Å². The number of carbonyl (C=O) groups is 1. The van der Waals surface area contributed by atoms with Crippen LogP contribution in [0, 0.1) is 0 Å². The van der Waals surface area contributed by atoms with E-state index >= 15 is 0 Å². The Morgan fingerprint density at radius 3 is 2.04 bits per heavy atom. The summed E-state index contributed by atoms with van der Waals surface area (Å²) in [7, 11) is 0. The molecule has 1 unspecified atom stereocenters. The average molecular weight is 357 g/mol. The van der Waals surface area contributed by atoms with Crippen LogP contribution in [0.5, 0.6) is 0 Å². The molecule has 1 amide bonds. The normalized spacial score (nSPS) is 11.8. The Hall–Kier alpha value is -2.87. The first-order chi connectivity index (χ1) is 13.2. The average Bonchev–Trinajstić information content (AvgIpc) is 2.74. The number of nitrogens with one attached hydrogen (secondary N) is 1. The van der Waals surface area contributed by atoms with Gasteiger partial charge in [-0.25, -0.2) is 0 Å². The molecule has 2 heteroatoms. The molecule has 0 radical (unpaired) electrons. The maximum absolute atomic E-state index is 12.1. The third-order valence-corrected chi connectivity index (χ3v) is 5.11. The van der Waals surface area contributed by atoms with Gasteiger partial charge in [0.1, 0.15) is 0 Å². The van der Waals surface area contributed by atoms with Gasteiger partial charge in [-0.2, -0.15) is 0 Å². The molecule has 0 heterocycles. The lowest BCUT2D eigenvalue weighted by Gasteiger charge is -2.10. The van der Waals surface area contributed by atoms with Crippen molar-refractivity contribution in [2.45, 2.75) is 32.6 Å². The molecule has 0 aliphatic rings. The standard InChI is InChI=1S/C25H27NO/c1-3-19(2)21-13-15-23(16-14-21)22-11-9-20(10-12-22)17-18-26-25(27)24-7-5-4-6-8-24/h4-16,19H,3,17-18H2,1-2H3,(H,26,27). The van der Waals surface area contributed by atoms with Crippen molar-refractivity contribution in [2.75, 3.05) is 6.54 Å². The minimum atomic E-state index is -0.0198. The fourth-order valence-corrected chi connectivity index (χ4v) is 3.12. The van der Waals surface area contributed by atoms with Crippen LogP contribution >= 0.6 is 0 Å². The highest BCUT2D eigenvalue weighted by Crippen LogP contribution is 2.24. The van der Waals surface area contributed by atoms with Crippen molar-refractivity contribution in [1.82, 2.24) is 5.32 Å². The molecule has 2 nitrogen and oxygen atoms in total. The molecule has 0 saturated carbocycles. The van der Waals surface area contributed by atoms with Crippen molar-refractivity contribution in [1.29, 1.82) is 0 Å². The fraction of sp³-hybridized carbons (Fsp3) is 0.240. The van der Waals surface area contributed by atoms with Gasteiger partial charge in [-0.05, 0) is 53.1 Å². The van der Waals surface area contributed by atoms with E-state index in [0.29, 0.717) is 18.0 Å². The zero-order valence-corrected chi connectivity index (χ0v) is 16.1. The second-order valence-electron chi connectivity index (χ2n) is 7.00. The summed E-state index contributed by atoms with van der Waals surface area (Å²) in [5.74, 6) is 0.584. The first kappa shape index (κ1) is 18.9. The van der Waals surface area contributed by atoms with E-state index in [4.69, 9.17) is 0 Å². The molecule has 0 bridgehead atoms. The summed E-state index contributed by atoms with van der Waals surface area (Å²) >= 11 is 0. The lowest BCUT2D eigenvalue weighted by atomic mass is 9.95. The predicted octanol–water partition coefficient (Wildman–Crippen LogP) is 5.84. The monoisotopic (exact) mass is 357 g/mol. The van der Waals surface area contributed by atoms with Crippen molar-refractivity contribution in [3.8, 4) is 11.1 Å². The Labute approximate surface area is 162 Å². The Bertz CT molecular complexity index is 851. The van der Waals surface area contributed by atoms with Gasteiger partial charge in [-0.3, -0.25) is 4.79 Å². The molecular formula is C25H27NO. The van der Waals surface area contributed by atoms with Crippen molar-refractivity contribution < 1.29 is 4.79 Å². The highest BCUT2D eigenvalue weighted by Gasteiger charge is 2.05. The van der Waals surface area contributed by atoms with E-state index in [-0.39, 0.29) is 5.91 Å². The van der Waals surface area contributed by atoms with Crippen molar-refractivity contribution in [3.05, 3.63) is 95.6 Å². The first-order valence-corrected chi connectivity index (χ1v) is 9.70. The minimum absolute atomic E-state index is 0.0198. The van der Waals surface area contributed by atoms with E-state index in [0.717, 1.165) is 12.8 Å². The summed E-state index contributed by atoms with van der Waals surface area (Å²) in [6.07, 6.45) is 1.99. The van der Waals surface area contributed by atoms with Gasteiger partial charge in [-0.15, -0.1) is 0 Å². The molecule has 3 aromatic carbocycles. The third kappa shape index (κ3) is 5.07. The van der Waals surface area contributed by atoms with Gasteiger partial charge in [0, 0.05) is 12.1 Å². The molecule has 1 N–H and O–H groups in total. The maximum atomic E-state index is 12.1. The lowest BCUT2D eigenvalue weighted by Crippen LogP contribution is -2.25. The molecule has 0 aliphatic heterocycles. The van der Waals surface area contributed by atoms with Crippen LogP contribution in [0.1, 0.15) is 47.7 Å². The highest BCUT2D eigenvalue weighted by atomic mass is 16.1. The molecule has 1 atom stereocenters. The second kappa shape index (κ2) is 9.18. The van der Waals surface area contributed by atoms with Crippen LogP contribution in [-0.2, 0) is 6.42 Å². The summed E-state index contributed by atoms with van der Waals surface area (Å²) in [5.41, 5.74) is 5.79. The Kier molecular flexibility index (Phi) is 6.43. The zero-order chi connectivity index (χ0) is 19.1. The molecule has 0 fully saturated rings. The van der Waals surface area contributed by atoms with Gasteiger partial charge in [0.15, 0.2) is 0 Å². The quantitative estimate of drug-likeness (QED) is 0.565. The molecular weight excluding hydrogens is 330 g/mol. The van der Waals surface area contributed by atoms with E-state index in [1.807, 2.05) is 30.3 Å². The molecule has 0 saturated heterocycles. The Morgan fingerprint density at radius 1 is 0.852 bits per heavy atom. The van der Waals surface area contributed by atoms with Crippen molar-refractivity contribution in [3.63, 3.8) is 0 Å². The molecule has 0 spiro atoms. The van der Waals surface area contributed by atoms with Gasteiger partial charge in [0.25, 0.3) is 5.91 Å². The zero-order valence-electron chi connectivity index (χ0n) is 16.1. The third-order valence-electron chi connectivity index (χ3n) is 5.11. The van der Waals surface area contributed by atoms with Crippen molar-refractivity contribution in [2.24, 2.45) is 0 Å². The Morgan fingerprint density at radius 2 is 1.44 bits per heavy atom. The largest absolute Gasteiger partial charge is 0.352 e. The smallest absolute Gasteiger partial charge is 0.251 e. The van der Waals surface area contributed by atoms with E-state index < -0.39 is 0 Å². The molecule has 138 valence electrons. The van der Waals surface area contributed by atoms with Crippen LogP contribution in [0.3, 0.4) is 0 Å². The van der Waals surface area contributed by atoms with Gasteiger partial charge < -0.3 is 5.32 Å². The lowest BCUT2D eigenvalue weighted by molar-refractivity contribution is 0.0954. The van der Waals surface area contributed by atoms with Crippen LogP contribution < -0.4 is 5.32 Å². The van der Waals surface area contributed by atoms with Crippen molar-refractivity contribution >= 4 is 5.91 Å². The number of benzene rings is 3. The van der Waals surface area contributed by atoms with E-state index in [2.05, 4.69) is 67.7 Å². The number of hydrogen-bond donors (Lipinski definition) is 1. The van der Waals surface area contributed by atoms with Gasteiger partial charge in [-0.1, -0.05) is 80.6 Å². The van der Waals surface area contributed by atoms with E-state index in [1.54, 1.807) is 0 Å². The summed E-state index contributed by atoms with van der Waals surface area (Å²) in [6, 6.07) is 26.8. The number of hydrogen-bond acceptors (Lipinski definition) is 1. The van der Waals surface area contributed by atoms with Gasteiger partial charge >= 0.3 is 0 Å². The number of carbonyl (C=O) groups excluding carboxylic acids is 1. The Balaban J connectivity index is 1.55. The predicted molar refractivity (Wildman–Crippen MR) is 113 cm³/mol. The van der Waals surface area contributed by atoms with Crippen LogP contribution in [0.2, 0.25) is 0 Å². The molecule has 0 aliphatic carbocycles. The minimum Gasteiger partial charge on any atom is -0.352 e. The summed E-state index contributed by atoms with van der Waals surface area (Å²) in [4.78, 5) is 12.1. The summed E-state index contributed by atoms with van der Waals surface area (Å²) in [5, 5.41) is 2.98. The van der Waals surface area contributed by atoms with Gasteiger partial charge in [0.05, 0.1) is 0 Å². The second-order valence-corrected chi connectivity index (χ2v) is 7.00.